The number of anilines is 1. The standard InChI is InChI=1S/C13H14FN3OS/c1-7-10(14)3-9(13(15)18)4-11(7)16-5-12-8(2)17-6-19-12/h3-4,6,16H,5H2,1-2H3,(H2,15,18). The molecule has 19 heavy (non-hydrogen) atoms. The Bertz CT molecular complexity index is 624. The van der Waals surface area contributed by atoms with Gasteiger partial charge in [0.1, 0.15) is 5.82 Å². The van der Waals surface area contributed by atoms with Crippen LogP contribution in [0.1, 0.15) is 26.5 Å². The lowest BCUT2D eigenvalue weighted by Gasteiger charge is -2.11. The van der Waals surface area contributed by atoms with Crippen molar-refractivity contribution in [3.05, 3.63) is 45.2 Å². The van der Waals surface area contributed by atoms with Crippen LogP contribution in [0.2, 0.25) is 0 Å². The van der Waals surface area contributed by atoms with E-state index in [4.69, 9.17) is 5.73 Å². The van der Waals surface area contributed by atoms with Crippen molar-refractivity contribution in [1.82, 2.24) is 4.98 Å². The van der Waals surface area contributed by atoms with Crippen molar-refractivity contribution in [2.45, 2.75) is 20.4 Å². The Balaban J connectivity index is 2.24. The Morgan fingerprint density at radius 3 is 2.79 bits per heavy atom. The molecule has 0 atom stereocenters. The summed E-state index contributed by atoms with van der Waals surface area (Å²) >= 11 is 1.53. The lowest BCUT2D eigenvalue weighted by molar-refractivity contribution is 0.1000. The van der Waals surface area contributed by atoms with Gasteiger partial charge in [-0.3, -0.25) is 4.79 Å². The van der Waals surface area contributed by atoms with Gasteiger partial charge in [0, 0.05) is 21.7 Å². The van der Waals surface area contributed by atoms with Crippen molar-refractivity contribution in [3.8, 4) is 0 Å². The van der Waals surface area contributed by atoms with Crippen molar-refractivity contribution in [3.63, 3.8) is 0 Å². The molecule has 1 aromatic heterocycles. The largest absolute Gasteiger partial charge is 0.380 e. The van der Waals surface area contributed by atoms with Crippen LogP contribution in [0.5, 0.6) is 0 Å². The summed E-state index contributed by atoms with van der Waals surface area (Å²) in [6.45, 7) is 4.11. The first kappa shape index (κ1) is 13.5. The maximum absolute atomic E-state index is 13.7. The Labute approximate surface area is 114 Å². The zero-order valence-electron chi connectivity index (χ0n) is 10.7. The number of hydrogen-bond donors (Lipinski definition) is 2. The van der Waals surface area contributed by atoms with Crippen molar-refractivity contribution in [1.29, 1.82) is 0 Å². The minimum absolute atomic E-state index is 0.159. The number of aromatic nitrogens is 1. The van der Waals surface area contributed by atoms with Gasteiger partial charge in [-0.25, -0.2) is 9.37 Å². The van der Waals surface area contributed by atoms with Gasteiger partial charge in [0.25, 0.3) is 0 Å². The molecule has 0 unspecified atom stereocenters. The zero-order chi connectivity index (χ0) is 14.0. The average molecular weight is 279 g/mol. The number of nitrogens with two attached hydrogens (primary N) is 1. The third-order valence-electron chi connectivity index (χ3n) is 2.91. The lowest BCUT2D eigenvalue weighted by Crippen LogP contribution is -2.13. The van der Waals surface area contributed by atoms with Crippen LogP contribution < -0.4 is 11.1 Å². The first-order valence-electron chi connectivity index (χ1n) is 5.72. The molecule has 0 spiro atoms. The second-order valence-electron chi connectivity index (χ2n) is 4.21. The summed E-state index contributed by atoms with van der Waals surface area (Å²) in [6, 6.07) is 2.72. The first-order chi connectivity index (χ1) is 8.99. The van der Waals surface area contributed by atoms with Crippen LogP contribution in [0, 0.1) is 19.7 Å². The number of halogens is 1. The summed E-state index contributed by atoms with van der Waals surface area (Å²) in [7, 11) is 0. The highest BCUT2D eigenvalue weighted by atomic mass is 32.1. The summed E-state index contributed by atoms with van der Waals surface area (Å²) in [6.07, 6.45) is 0. The number of hydrogen-bond acceptors (Lipinski definition) is 4. The molecule has 1 heterocycles. The molecule has 0 aliphatic rings. The molecular formula is C13H14FN3OS. The molecule has 0 aliphatic carbocycles. The molecule has 6 heteroatoms. The molecule has 0 aliphatic heterocycles. The second-order valence-corrected chi connectivity index (χ2v) is 5.15. The summed E-state index contributed by atoms with van der Waals surface area (Å²) in [5.41, 5.74) is 9.08. The van der Waals surface area contributed by atoms with E-state index in [9.17, 15) is 9.18 Å². The van der Waals surface area contributed by atoms with Gasteiger partial charge in [-0.05, 0) is 26.0 Å². The molecule has 0 bridgehead atoms. The molecule has 2 aromatic rings. The molecule has 0 saturated carbocycles. The molecular weight excluding hydrogens is 265 g/mol. The summed E-state index contributed by atoms with van der Waals surface area (Å²) in [4.78, 5) is 16.3. The molecule has 0 fully saturated rings. The fourth-order valence-electron chi connectivity index (χ4n) is 1.68. The van der Waals surface area contributed by atoms with Crippen LogP contribution in [-0.2, 0) is 6.54 Å². The number of nitrogens with one attached hydrogen (secondary N) is 1. The summed E-state index contributed by atoms with van der Waals surface area (Å²) in [5.74, 6) is -1.09. The summed E-state index contributed by atoms with van der Waals surface area (Å²) < 4.78 is 13.7. The SMILES string of the molecule is Cc1ncsc1CNc1cc(C(N)=O)cc(F)c1C. The van der Waals surface area contributed by atoms with Crippen LogP contribution in [0.3, 0.4) is 0 Å². The minimum Gasteiger partial charge on any atom is -0.380 e. The molecule has 100 valence electrons. The number of benzene rings is 1. The highest BCUT2D eigenvalue weighted by Crippen LogP contribution is 2.22. The van der Waals surface area contributed by atoms with E-state index in [2.05, 4.69) is 10.3 Å². The Morgan fingerprint density at radius 2 is 2.21 bits per heavy atom. The van der Waals surface area contributed by atoms with E-state index in [-0.39, 0.29) is 5.56 Å². The number of rotatable bonds is 4. The number of aryl methyl sites for hydroxylation is 1. The topological polar surface area (TPSA) is 68.0 Å². The van der Waals surface area contributed by atoms with Crippen LogP contribution >= 0.6 is 11.3 Å². The molecule has 3 N–H and O–H groups in total. The van der Waals surface area contributed by atoms with E-state index in [0.717, 1.165) is 16.6 Å². The quantitative estimate of drug-likeness (QED) is 0.904. The van der Waals surface area contributed by atoms with Gasteiger partial charge in [0.15, 0.2) is 0 Å². The third-order valence-corrected chi connectivity index (χ3v) is 3.85. The molecule has 4 nitrogen and oxygen atoms in total. The van der Waals surface area contributed by atoms with E-state index in [0.29, 0.717) is 17.8 Å². The van der Waals surface area contributed by atoms with Crippen LogP contribution in [0.4, 0.5) is 10.1 Å². The van der Waals surface area contributed by atoms with E-state index in [1.54, 1.807) is 18.5 Å². The van der Waals surface area contributed by atoms with Crippen molar-refractivity contribution in [2.24, 2.45) is 5.73 Å². The number of thiazole rings is 1. The zero-order valence-corrected chi connectivity index (χ0v) is 11.5. The minimum atomic E-state index is -0.643. The Hall–Kier alpha value is -1.95. The summed E-state index contributed by atoms with van der Waals surface area (Å²) in [5, 5.41) is 3.11. The fraction of sp³-hybridized carbons (Fsp3) is 0.231. The van der Waals surface area contributed by atoms with Crippen LogP contribution in [0.25, 0.3) is 0 Å². The lowest BCUT2D eigenvalue weighted by atomic mass is 10.1. The van der Waals surface area contributed by atoms with E-state index in [1.165, 1.54) is 11.3 Å². The normalized spacial score (nSPS) is 10.5. The Morgan fingerprint density at radius 1 is 1.47 bits per heavy atom. The van der Waals surface area contributed by atoms with Gasteiger partial charge >= 0.3 is 0 Å². The molecule has 1 aromatic carbocycles. The highest BCUT2D eigenvalue weighted by molar-refractivity contribution is 7.09. The molecule has 2 rings (SSSR count). The molecule has 0 radical (unpaired) electrons. The number of primary amides is 1. The van der Waals surface area contributed by atoms with Gasteiger partial charge in [-0.15, -0.1) is 11.3 Å². The number of carbonyl (C=O) groups is 1. The predicted molar refractivity (Wildman–Crippen MR) is 73.8 cm³/mol. The van der Waals surface area contributed by atoms with Gasteiger partial charge in [-0.2, -0.15) is 0 Å². The monoisotopic (exact) mass is 279 g/mol. The fourth-order valence-corrected chi connectivity index (χ4v) is 2.39. The van der Waals surface area contributed by atoms with Gasteiger partial charge in [0.2, 0.25) is 5.91 Å². The van der Waals surface area contributed by atoms with Crippen molar-refractivity contribution < 1.29 is 9.18 Å². The second kappa shape index (κ2) is 5.36. The van der Waals surface area contributed by atoms with Crippen molar-refractivity contribution >= 4 is 22.9 Å². The van der Waals surface area contributed by atoms with E-state index < -0.39 is 11.7 Å². The van der Waals surface area contributed by atoms with E-state index in [1.807, 2.05) is 6.92 Å². The Kier molecular flexibility index (Phi) is 3.80. The van der Waals surface area contributed by atoms with Gasteiger partial charge in [0.05, 0.1) is 17.7 Å². The predicted octanol–water partition coefficient (Wildman–Crippen LogP) is 2.61. The third kappa shape index (κ3) is 2.90. The van der Waals surface area contributed by atoms with Crippen LogP contribution in [-0.4, -0.2) is 10.9 Å². The first-order valence-corrected chi connectivity index (χ1v) is 6.59. The highest BCUT2D eigenvalue weighted by Gasteiger charge is 2.11. The maximum atomic E-state index is 13.7. The molecule has 1 amide bonds. The smallest absolute Gasteiger partial charge is 0.248 e. The van der Waals surface area contributed by atoms with Gasteiger partial charge < -0.3 is 11.1 Å². The van der Waals surface area contributed by atoms with Crippen molar-refractivity contribution in [2.75, 3.05) is 5.32 Å². The number of carbonyl (C=O) groups excluding carboxylic acids is 1. The number of amides is 1. The van der Waals surface area contributed by atoms with Crippen LogP contribution in [0.15, 0.2) is 17.6 Å². The van der Waals surface area contributed by atoms with Gasteiger partial charge in [-0.1, -0.05) is 0 Å². The molecule has 0 saturated heterocycles. The number of nitrogens with zero attached hydrogens (tertiary/aromatic N) is 1. The average Bonchev–Trinajstić information content (AvgIpc) is 2.76. The maximum Gasteiger partial charge on any atom is 0.248 e. The van der Waals surface area contributed by atoms with E-state index >= 15 is 0 Å².